The predicted octanol–water partition coefficient (Wildman–Crippen LogP) is 5.37. The molecule has 0 bridgehead atoms. The molecule has 33 heavy (non-hydrogen) atoms. The van der Waals surface area contributed by atoms with Gasteiger partial charge in [-0.2, -0.15) is 21.6 Å². The summed E-state index contributed by atoms with van der Waals surface area (Å²) < 4.78 is 83.3. The second kappa shape index (κ2) is 9.33. The maximum Gasteiger partial charge on any atom is 0.534 e. The van der Waals surface area contributed by atoms with Gasteiger partial charge in [0.15, 0.2) is 11.6 Å². The van der Waals surface area contributed by atoms with E-state index in [1.54, 1.807) is 18.2 Å². The first-order valence-electron chi connectivity index (χ1n) is 9.79. The first kappa shape index (κ1) is 26.6. The van der Waals surface area contributed by atoms with Crippen LogP contribution < -0.4 is 13.9 Å². The fourth-order valence-corrected chi connectivity index (χ4v) is 3.81. The number of hydrogen-bond donors (Lipinski definition) is 1. The fraction of sp³-hybridized carbons (Fsp3) is 0.381. The van der Waals surface area contributed by atoms with Crippen molar-refractivity contribution in [1.29, 1.82) is 0 Å². The number of rotatable bonds is 7. The monoisotopic (exact) mass is 507 g/mol. The second-order valence-electron chi connectivity index (χ2n) is 8.82. The summed E-state index contributed by atoms with van der Waals surface area (Å²) in [4.78, 5) is 12.3. The molecule has 0 aliphatic carbocycles. The van der Waals surface area contributed by atoms with E-state index < -0.39 is 41.4 Å². The van der Waals surface area contributed by atoms with E-state index in [4.69, 9.17) is 4.43 Å². The number of benzene rings is 2. The van der Waals surface area contributed by atoms with Crippen LogP contribution in [0.25, 0.3) is 0 Å². The van der Waals surface area contributed by atoms with Crippen LogP contribution in [0.3, 0.4) is 0 Å². The first-order chi connectivity index (χ1) is 14.9. The zero-order valence-corrected chi connectivity index (χ0v) is 20.5. The molecule has 2 aromatic carbocycles. The van der Waals surface area contributed by atoms with Crippen LogP contribution in [0.5, 0.6) is 11.5 Å². The molecule has 12 heteroatoms. The molecular formula is C21H25F4NO5SSi. The number of hydrogen-bond acceptors (Lipinski definition) is 5. The van der Waals surface area contributed by atoms with Gasteiger partial charge in [0.05, 0.1) is 0 Å². The van der Waals surface area contributed by atoms with E-state index in [1.807, 2.05) is 6.07 Å². The van der Waals surface area contributed by atoms with Gasteiger partial charge in [-0.15, -0.1) is 0 Å². The van der Waals surface area contributed by atoms with Crippen LogP contribution in [0.1, 0.15) is 36.7 Å². The van der Waals surface area contributed by atoms with Gasteiger partial charge >= 0.3 is 15.6 Å². The van der Waals surface area contributed by atoms with Crippen LogP contribution in [-0.4, -0.2) is 28.2 Å². The Hall–Kier alpha value is -2.60. The molecule has 182 valence electrons. The third-order valence-electron chi connectivity index (χ3n) is 5.21. The quantitative estimate of drug-likeness (QED) is 0.236. The Morgan fingerprint density at radius 2 is 1.70 bits per heavy atom. The van der Waals surface area contributed by atoms with Crippen LogP contribution in [0.15, 0.2) is 42.5 Å². The smallest absolute Gasteiger partial charge is 0.534 e. The molecule has 0 aromatic heterocycles. The van der Waals surface area contributed by atoms with Crippen molar-refractivity contribution in [3.8, 4) is 11.5 Å². The highest BCUT2D eigenvalue weighted by atomic mass is 32.2. The Morgan fingerprint density at radius 1 is 1.06 bits per heavy atom. The summed E-state index contributed by atoms with van der Waals surface area (Å²) in [5, 5.41) is 2.56. The van der Waals surface area contributed by atoms with Crippen LogP contribution >= 0.6 is 0 Å². The maximum atomic E-state index is 14.0. The number of carbonyl (C=O) groups excluding carboxylic acids is 1. The highest BCUT2D eigenvalue weighted by Gasteiger charge is 2.49. The molecule has 0 aliphatic heterocycles. The van der Waals surface area contributed by atoms with Gasteiger partial charge < -0.3 is 13.9 Å². The van der Waals surface area contributed by atoms with Crippen molar-refractivity contribution in [2.24, 2.45) is 0 Å². The normalized spacial score (nSPS) is 12.9. The Kier molecular flexibility index (Phi) is 7.54. The summed E-state index contributed by atoms with van der Waals surface area (Å²) in [6.07, 6.45) is 0. The van der Waals surface area contributed by atoms with Crippen molar-refractivity contribution in [1.82, 2.24) is 5.32 Å². The lowest BCUT2D eigenvalue weighted by atomic mass is 10.1. The summed E-state index contributed by atoms with van der Waals surface area (Å²) in [5.41, 5.74) is -5.22. The molecule has 0 atom stereocenters. The van der Waals surface area contributed by atoms with Crippen molar-refractivity contribution in [3.63, 3.8) is 0 Å². The SMILES string of the molecule is CC(C)(C)[Si](C)(C)Oc1cccc(CNC(=O)c2ccc(OS(=O)(=O)C(F)(F)F)c(F)c2)c1. The molecule has 6 nitrogen and oxygen atoms in total. The molecule has 0 radical (unpaired) electrons. The van der Waals surface area contributed by atoms with E-state index in [0.29, 0.717) is 17.9 Å². The highest BCUT2D eigenvalue weighted by Crippen LogP contribution is 2.37. The molecule has 0 saturated heterocycles. The molecule has 0 heterocycles. The van der Waals surface area contributed by atoms with Crippen LogP contribution in [0.2, 0.25) is 18.1 Å². The average molecular weight is 508 g/mol. The minimum atomic E-state index is -6.03. The van der Waals surface area contributed by atoms with E-state index in [-0.39, 0.29) is 17.1 Å². The molecule has 0 aliphatic rings. The van der Waals surface area contributed by atoms with E-state index in [1.165, 1.54) is 0 Å². The lowest BCUT2D eigenvalue weighted by Gasteiger charge is -2.36. The van der Waals surface area contributed by atoms with E-state index >= 15 is 0 Å². The lowest BCUT2D eigenvalue weighted by molar-refractivity contribution is -0.0501. The van der Waals surface area contributed by atoms with Crippen molar-refractivity contribution in [2.45, 2.75) is 51.0 Å². The van der Waals surface area contributed by atoms with Crippen molar-refractivity contribution in [3.05, 3.63) is 59.4 Å². The molecule has 0 fully saturated rings. The topological polar surface area (TPSA) is 81.7 Å². The highest BCUT2D eigenvalue weighted by molar-refractivity contribution is 7.88. The van der Waals surface area contributed by atoms with Crippen LogP contribution in [-0.2, 0) is 16.7 Å². The Morgan fingerprint density at radius 3 is 2.24 bits per heavy atom. The number of nitrogens with one attached hydrogen (secondary N) is 1. The second-order valence-corrected chi connectivity index (χ2v) is 15.1. The zero-order valence-electron chi connectivity index (χ0n) is 18.7. The van der Waals surface area contributed by atoms with Gasteiger partial charge in [-0.25, -0.2) is 4.39 Å². The van der Waals surface area contributed by atoms with Crippen molar-refractivity contribution in [2.75, 3.05) is 0 Å². The third kappa shape index (κ3) is 6.70. The minimum absolute atomic E-state index is 0.00337. The number of amides is 1. The number of carbonyl (C=O) groups is 1. The maximum absolute atomic E-state index is 14.0. The third-order valence-corrected chi connectivity index (χ3v) is 10.5. The first-order valence-corrected chi connectivity index (χ1v) is 14.1. The number of alkyl halides is 3. The minimum Gasteiger partial charge on any atom is -0.543 e. The predicted molar refractivity (Wildman–Crippen MR) is 117 cm³/mol. The van der Waals surface area contributed by atoms with E-state index in [2.05, 4.69) is 43.4 Å². The fourth-order valence-electron chi connectivity index (χ4n) is 2.33. The van der Waals surface area contributed by atoms with Crippen molar-refractivity contribution < 1.29 is 39.4 Å². The summed E-state index contributed by atoms with van der Waals surface area (Å²) in [6.45, 7) is 10.6. The van der Waals surface area contributed by atoms with Gasteiger partial charge in [-0.1, -0.05) is 32.9 Å². The van der Waals surface area contributed by atoms with Gasteiger partial charge in [0, 0.05) is 12.1 Å². The molecule has 2 rings (SSSR count). The zero-order chi connectivity index (χ0) is 25.2. The molecule has 1 N–H and O–H groups in total. The van der Waals surface area contributed by atoms with E-state index in [0.717, 1.165) is 11.6 Å². The molecule has 0 saturated carbocycles. The molecule has 0 spiro atoms. The van der Waals surface area contributed by atoms with Crippen LogP contribution in [0, 0.1) is 5.82 Å². The summed E-state index contributed by atoms with van der Waals surface area (Å²) in [6, 6.07) is 9.32. The lowest BCUT2D eigenvalue weighted by Crippen LogP contribution is -2.43. The molecule has 2 aromatic rings. The summed E-state index contributed by atoms with van der Waals surface area (Å²) in [7, 11) is -8.09. The number of halogens is 4. The standard InChI is InChI=1S/C21H25F4NO5SSi/c1-20(2,3)33(4,5)31-16-8-6-7-14(11-16)13-26-19(27)15-9-10-18(17(22)12-15)30-32(28,29)21(23,24)25/h6-12H,13H2,1-5H3,(H,26,27). The van der Waals surface area contributed by atoms with Crippen molar-refractivity contribution >= 4 is 24.3 Å². The van der Waals surface area contributed by atoms with Gasteiger partial charge in [0.2, 0.25) is 8.32 Å². The van der Waals surface area contributed by atoms with Gasteiger partial charge in [-0.3, -0.25) is 4.79 Å². The van der Waals surface area contributed by atoms with Gasteiger partial charge in [0.25, 0.3) is 5.91 Å². The largest absolute Gasteiger partial charge is 0.543 e. The van der Waals surface area contributed by atoms with E-state index in [9.17, 15) is 30.8 Å². The molecule has 1 amide bonds. The van der Waals surface area contributed by atoms with Gasteiger partial charge in [0.1, 0.15) is 5.75 Å². The Labute approximate surface area is 191 Å². The van der Waals surface area contributed by atoms with Gasteiger partial charge in [-0.05, 0) is 54.0 Å². The summed E-state index contributed by atoms with van der Waals surface area (Å²) in [5.74, 6) is -2.65. The molecular weight excluding hydrogens is 482 g/mol. The average Bonchev–Trinajstić information content (AvgIpc) is 2.65. The van der Waals surface area contributed by atoms with Crippen LogP contribution in [0.4, 0.5) is 17.6 Å². The Bertz CT molecular complexity index is 1130. The molecule has 0 unspecified atom stereocenters. The summed E-state index contributed by atoms with van der Waals surface area (Å²) >= 11 is 0. The Balaban J connectivity index is 2.08.